The van der Waals surface area contributed by atoms with Crippen LogP contribution < -0.4 is 5.32 Å². The lowest BCUT2D eigenvalue weighted by molar-refractivity contribution is 0.0991. The maximum absolute atomic E-state index is 13.2. The number of benzene rings is 2. The predicted octanol–water partition coefficient (Wildman–Crippen LogP) is 3.89. The molecule has 2 aromatic carbocycles. The maximum Gasteiger partial charge on any atom is 0.313 e. The van der Waals surface area contributed by atoms with Crippen LogP contribution in [-0.2, 0) is 0 Å². The second-order valence-electron chi connectivity index (χ2n) is 4.39. The third kappa shape index (κ3) is 3.20. The molecule has 0 aliphatic carbocycles. The Labute approximate surface area is 133 Å². The molecule has 0 atom stereocenters. The van der Waals surface area contributed by atoms with E-state index in [2.05, 4.69) is 31.4 Å². The Morgan fingerprint density at radius 1 is 1.14 bits per heavy atom. The summed E-state index contributed by atoms with van der Waals surface area (Å²) in [5.74, 6) is -1.07. The van der Waals surface area contributed by atoms with Crippen molar-refractivity contribution in [1.82, 2.24) is 10.2 Å². The van der Waals surface area contributed by atoms with E-state index >= 15 is 0 Å². The lowest BCUT2D eigenvalue weighted by atomic mass is 10.2. The van der Waals surface area contributed by atoms with Gasteiger partial charge in [-0.2, -0.15) is 0 Å². The number of anilines is 1. The molecule has 22 heavy (non-hydrogen) atoms. The minimum atomic E-state index is -0.534. The molecule has 7 heteroatoms. The molecule has 0 aliphatic rings. The van der Waals surface area contributed by atoms with Gasteiger partial charge in [0, 0.05) is 15.7 Å². The van der Waals surface area contributed by atoms with Gasteiger partial charge < -0.3 is 9.73 Å². The van der Waals surface area contributed by atoms with Gasteiger partial charge in [-0.1, -0.05) is 28.1 Å². The fourth-order valence-electron chi connectivity index (χ4n) is 1.80. The fraction of sp³-hybridized carbons (Fsp3) is 0. The first-order chi connectivity index (χ1) is 10.6. The van der Waals surface area contributed by atoms with E-state index in [1.165, 1.54) is 18.2 Å². The molecule has 5 nitrogen and oxygen atoms in total. The maximum atomic E-state index is 13.2. The molecule has 1 aromatic heterocycles. The van der Waals surface area contributed by atoms with Crippen molar-refractivity contribution in [3.8, 4) is 11.5 Å². The van der Waals surface area contributed by atoms with E-state index in [1.807, 2.05) is 6.07 Å². The lowest BCUT2D eigenvalue weighted by Gasteiger charge is -2.02. The standard InChI is InChI=1S/C15H9BrFN3O2/c16-10-4-2-6-12(8-10)18-13(21)15-20-19-14(22-15)9-3-1-5-11(17)7-9/h1-8H,(H,18,21). The molecule has 3 rings (SSSR count). The average Bonchev–Trinajstić information content (AvgIpc) is 2.97. The molecular weight excluding hydrogens is 353 g/mol. The van der Waals surface area contributed by atoms with Crippen LogP contribution in [0, 0.1) is 5.82 Å². The van der Waals surface area contributed by atoms with Gasteiger partial charge in [0.25, 0.3) is 0 Å². The van der Waals surface area contributed by atoms with Crippen molar-refractivity contribution in [2.24, 2.45) is 0 Å². The van der Waals surface area contributed by atoms with Crippen molar-refractivity contribution in [3.63, 3.8) is 0 Å². The van der Waals surface area contributed by atoms with E-state index in [0.29, 0.717) is 11.3 Å². The largest absolute Gasteiger partial charge is 0.412 e. The van der Waals surface area contributed by atoms with Gasteiger partial charge in [-0.15, -0.1) is 10.2 Å². The molecule has 3 aromatic rings. The molecule has 1 N–H and O–H groups in total. The lowest BCUT2D eigenvalue weighted by Crippen LogP contribution is -2.12. The first-order valence-corrected chi connectivity index (χ1v) is 7.07. The number of nitrogens with zero attached hydrogens (tertiary/aromatic N) is 2. The molecule has 0 saturated carbocycles. The highest BCUT2D eigenvalue weighted by atomic mass is 79.9. The van der Waals surface area contributed by atoms with Gasteiger partial charge >= 0.3 is 11.8 Å². The van der Waals surface area contributed by atoms with Crippen LogP contribution in [-0.4, -0.2) is 16.1 Å². The van der Waals surface area contributed by atoms with Crippen LogP contribution in [0.4, 0.5) is 10.1 Å². The van der Waals surface area contributed by atoms with E-state index < -0.39 is 11.7 Å². The third-order valence-corrected chi connectivity index (χ3v) is 3.27. The summed E-state index contributed by atoms with van der Waals surface area (Å²) in [7, 11) is 0. The Hall–Kier alpha value is -2.54. The Bertz CT molecular complexity index is 835. The van der Waals surface area contributed by atoms with Crippen LogP contribution in [0.15, 0.2) is 57.4 Å². The van der Waals surface area contributed by atoms with E-state index in [0.717, 1.165) is 4.47 Å². The number of carbonyl (C=O) groups excluding carboxylic acids is 1. The van der Waals surface area contributed by atoms with Crippen LogP contribution in [0.3, 0.4) is 0 Å². The number of amides is 1. The second kappa shape index (κ2) is 6.07. The minimum absolute atomic E-state index is 0.0823. The molecule has 0 spiro atoms. The SMILES string of the molecule is O=C(Nc1cccc(Br)c1)c1nnc(-c2cccc(F)c2)o1. The number of hydrogen-bond acceptors (Lipinski definition) is 4. The van der Waals surface area contributed by atoms with Crippen molar-refractivity contribution < 1.29 is 13.6 Å². The highest BCUT2D eigenvalue weighted by Crippen LogP contribution is 2.20. The van der Waals surface area contributed by atoms with Gasteiger partial charge in [0.15, 0.2) is 0 Å². The summed E-state index contributed by atoms with van der Waals surface area (Å²) in [6.45, 7) is 0. The number of aromatic nitrogens is 2. The number of carbonyl (C=O) groups is 1. The van der Waals surface area contributed by atoms with Crippen molar-refractivity contribution in [2.45, 2.75) is 0 Å². The fourth-order valence-corrected chi connectivity index (χ4v) is 2.20. The third-order valence-electron chi connectivity index (χ3n) is 2.77. The van der Waals surface area contributed by atoms with E-state index in [1.54, 1.807) is 24.3 Å². The molecule has 110 valence electrons. The zero-order valence-electron chi connectivity index (χ0n) is 11.1. The van der Waals surface area contributed by atoms with Crippen molar-refractivity contribution in [3.05, 3.63) is 64.7 Å². The van der Waals surface area contributed by atoms with Gasteiger partial charge in [-0.25, -0.2) is 4.39 Å². The molecule has 0 unspecified atom stereocenters. The topological polar surface area (TPSA) is 68.0 Å². The van der Waals surface area contributed by atoms with Gasteiger partial charge in [-0.05, 0) is 36.4 Å². The number of nitrogens with one attached hydrogen (secondary N) is 1. The van der Waals surface area contributed by atoms with Crippen molar-refractivity contribution >= 4 is 27.5 Å². The summed E-state index contributed by atoms with van der Waals surface area (Å²) in [5, 5.41) is 10.1. The summed E-state index contributed by atoms with van der Waals surface area (Å²) < 4.78 is 19.3. The Morgan fingerprint density at radius 2 is 1.95 bits per heavy atom. The number of halogens is 2. The highest BCUT2D eigenvalue weighted by molar-refractivity contribution is 9.10. The van der Waals surface area contributed by atoms with Gasteiger partial charge in [0.05, 0.1) is 0 Å². The molecule has 1 heterocycles. The van der Waals surface area contributed by atoms with Crippen LogP contribution in [0.25, 0.3) is 11.5 Å². The quantitative estimate of drug-likeness (QED) is 0.768. The van der Waals surface area contributed by atoms with Crippen LogP contribution in [0.1, 0.15) is 10.7 Å². The summed E-state index contributed by atoms with van der Waals surface area (Å²) in [6, 6.07) is 12.8. The first kappa shape index (κ1) is 14.4. The van der Waals surface area contributed by atoms with Crippen LogP contribution >= 0.6 is 15.9 Å². The smallest absolute Gasteiger partial charge is 0.313 e. The summed E-state index contributed by atoms with van der Waals surface area (Å²) in [6.07, 6.45) is 0. The molecule has 0 radical (unpaired) electrons. The molecule has 0 bridgehead atoms. The van der Waals surface area contributed by atoms with Crippen LogP contribution in [0.5, 0.6) is 0 Å². The monoisotopic (exact) mass is 361 g/mol. The Kier molecular flexibility index (Phi) is 3.97. The van der Waals surface area contributed by atoms with Gasteiger partial charge in [-0.3, -0.25) is 4.79 Å². The van der Waals surface area contributed by atoms with Crippen molar-refractivity contribution in [1.29, 1.82) is 0 Å². The summed E-state index contributed by atoms with van der Waals surface area (Å²) >= 11 is 3.31. The summed E-state index contributed by atoms with van der Waals surface area (Å²) in [4.78, 5) is 12.0. The zero-order valence-corrected chi connectivity index (χ0v) is 12.7. The first-order valence-electron chi connectivity index (χ1n) is 6.28. The summed E-state index contributed by atoms with van der Waals surface area (Å²) in [5.41, 5.74) is 0.999. The zero-order chi connectivity index (χ0) is 15.5. The number of rotatable bonds is 3. The molecule has 0 saturated heterocycles. The number of hydrogen-bond donors (Lipinski definition) is 1. The Balaban J connectivity index is 1.80. The van der Waals surface area contributed by atoms with Crippen molar-refractivity contribution in [2.75, 3.05) is 5.32 Å². The van der Waals surface area contributed by atoms with Crippen LogP contribution in [0.2, 0.25) is 0 Å². The van der Waals surface area contributed by atoms with Gasteiger partial charge in [0.1, 0.15) is 5.82 Å². The molecule has 0 aliphatic heterocycles. The average molecular weight is 362 g/mol. The second-order valence-corrected chi connectivity index (χ2v) is 5.30. The van der Waals surface area contributed by atoms with E-state index in [4.69, 9.17) is 4.42 Å². The van der Waals surface area contributed by atoms with E-state index in [-0.39, 0.29) is 11.8 Å². The predicted molar refractivity (Wildman–Crippen MR) is 81.8 cm³/mol. The molecular formula is C15H9BrFN3O2. The van der Waals surface area contributed by atoms with Gasteiger partial charge in [0.2, 0.25) is 5.89 Å². The molecule has 0 fully saturated rings. The van der Waals surface area contributed by atoms with E-state index in [9.17, 15) is 9.18 Å². The highest BCUT2D eigenvalue weighted by Gasteiger charge is 2.16. The Morgan fingerprint density at radius 3 is 2.73 bits per heavy atom. The molecule has 1 amide bonds. The minimum Gasteiger partial charge on any atom is -0.412 e. The normalized spacial score (nSPS) is 10.5.